The predicted molar refractivity (Wildman–Crippen MR) is 105 cm³/mol. The summed E-state index contributed by atoms with van der Waals surface area (Å²) in [6.07, 6.45) is -2.80. The van der Waals surface area contributed by atoms with Gasteiger partial charge in [-0.25, -0.2) is 4.79 Å². The summed E-state index contributed by atoms with van der Waals surface area (Å²) in [6, 6.07) is -0.620. The number of rotatable bonds is 11. The van der Waals surface area contributed by atoms with Crippen LogP contribution in [0, 0.1) is 5.92 Å². The summed E-state index contributed by atoms with van der Waals surface area (Å²) in [5.41, 5.74) is 0. The maximum absolute atomic E-state index is 12.1. The van der Waals surface area contributed by atoms with E-state index in [-0.39, 0.29) is 24.4 Å². The second-order valence-corrected chi connectivity index (χ2v) is 7.81. The quantitative estimate of drug-likeness (QED) is 0.208. The van der Waals surface area contributed by atoms with E-state index < -0.39 is 43.4 Å². The summed E-state index contributed by atoms with van der Waals surface area (Å²) in [4.78, 5) is 12.1. The van der Waals surface area contributed by atoms with E-state index in [2.05, 4.69) is 10.6 Å². The molecule has 2 rings (SSSR count). The molecule has 11 heteroatoms. The first-order valence-corrected chi connectivity index (χ1v) is 10.4. The minimum atomic E-state index is -1.12. The third-order valence-corrected chi connectivity index (χ3v) is 5.62. The number of carbonyl (C=O) groups excluding carboxylic acids is 1. The molecule has 2 aliphatic rings. The Balaban J connectivity index is 1.59. The Morgan fingerprint density at radius 3 is 2.57 bits per heavy atom. The van der Waals surface area contributed by atoms with Gasteiger partial charge in [-0.3, -0.25) is 0 Å². The lowest BCUT2D eigenvalue weighted by molar-refractivity contribution is -0.256. The van der Waals surface area contributed by atoms with Crippen molar-refractivity contribution in [2.45, 2.75) is 68.5 Å². The lowest BCUT2D eigenvalue weighted by Crippen LogP contribution is -2.50. The van der Waals surface area contributed by atoms with Crippen molar-refractivity contribution >= 4 is 6.03 Å². The van der Waals surface area contributed by atoms with Crippen LogP contribution in [0.4, 0.5) is 4.79 Å². The molecule has 1 aliphatic heterocycles. The molecule has 1 aliphatic carbocycles. The summed E-state index contributed by atoms with van der Waals surface area (Å²) < 4.78 is 21.4. The normalized spacial score (nSPS) is 36.6. The number of hydrogen-bond donors (Lipinski definition) is 6. The average molecular weight is 437 g/mol. The number of hydrogen-bond acceptors (Lipinski definition) is 9. The van der Waals surface area contributed by atoms with E-state index >= 15 is 0 Å². The van der Waals surface area contributed by atoms with E-state index in [1.807, 2.05) is 0 Å². The molecule has 0 bridgehead atoms. The molecule has 0 radical (unpaired) electrons. The van der Waals surface area contributed by atoms with Gasteiger partial charge in [0.05, 0.1) is 31.5 Å². The number of carbonyl (C=O) groups is 1. The summed E-state index contributed by atoms with van der Waals surface area (Å²) in [5, 5.41) is 44.5. The molecule has 176 valence electrons. The van der Waals surface area contributed by atoms with Crippen LogP contribution in [0.5, 0.6) is 0 Å². The van der Waals surface area contributed by atoms with Crippen LogP contribution in [0.2, 0.25) is 0 Å². The minimum Gasteiger partial charge on any atom is -0.394 e. The van der Waals surface area contributed by atoms with Crippen LogP contribution in [0.15, 0.2) is 0 Å². The van der Waals surface area contributed by atoms with E-state index in [0.717, 1.165) is 0 Å². The molecule has 0 aromatic heterocycles. The molecule has 0 aromatic rings. The van der Waals surface area contributed by atoms with Crippen LogP contribution in [0.1, 0.15) is 25.7 Å². The fraction of sp³-hybridized carbons (Fsp3) is 0.947. The van der Waals surface area contributed by atoms with E-state index in [1.165, 1.54) is 7.11 Å². The van der Waals surface area contributed by atoms with Crippen molar-refractivity contribution in [3.63, 3.8) is 0 Å². The average Bonchev–Trinajstić information content (AvgIpc) is 3.01. The smallest absolute Gasteiger partial charge is 0.315 e. The number of urea groups is 1. The van der Waals surface area contributed by atoms with Gasteiger partial charge in [0.1, 0.15) is 18.3 Å². The zero-order valence-electron chi connectivity index (χ0n) is 17.6. The Morgan fingerprint density at radius 2 is 1.90 bits per heavy atom. The lowest BCUT2D eigenvalue weighted by Gasteiger charge is -2.36. The number of ether oxygens (including phenoxy) is 4. The molecule has 0 aromatic carbocycles. The number of methoxy groups -OCH3 is 2. The Hall–Kier alpha value is -1.05. The predicted octanol–water partition coefficient (Wildman–Crippen LogP) is -1.68. The van der Waals surface area contributed by atoms with Gasteiger partial charge in [0.15, 0.2) is 6.29 Å². The topological polar surface area (TPSA) is 159 Å². The largest absolute Gasteiger partial charge is 0.394 e. The van der Waals surface area contributed by atoms with Gasteiger partial charge in [0.25, 0.3) is 0 Å². The molecule has 7 unspecified atom stereocenters. The summed E-state index contributed by atoms with van der Waals surface area (Å²) in [6.45, 7) is 0.801. The fourth-order valence-electron chi connectivity index (χ4n) is 3.97. The van der Waals surface area contributed by atoms with Crippen LogP contribution >= 0.6 is 0 Å². The van der Waals surface area contributed by atoms with Crippen molar-refractivity contribution in [3.8, 4) is 0 Å². The zero-order valence-corrected chi connectivity index (χ0v) is 17.6. The van der Waals surface area contributed by atoms with Gasteiger partial charge in [-0.15, -0.1) is 0 Å². The molecule has 6 N–H and O–H groups in total. The number of aliphatic hydroxyl groups is 4. The second kappa shape index (κ2) is 12.7. The maximum atomic E-state index is 12.1. The highest BCUT2D eigenvalue weighted by atomic mass is 16.7. The van der Waals surface area contributed by atoms with E-state index in [0.29, 0.717) is 39.0 Å². The number of amides is 2. The van der Waals surface area contributed by atoms with Crippen molar-refractivity contribution < 1.29 is 44.2 Å². The summed E-state index contributed by atoms with van der Waals surface area (Å²) in [7, 11) is 3.08. The molecular weight excluding hydrogens is 400 g/mol. The van der Waals surface area contributed by atoms with Crippen LogP contribution in [0.3, 0.4) is 0 Å². The van der Waals surface area contributed by atoms with Gasteiger partial charge >= 0.3 is 6.03 Å². The Labute approximate surface area is 176 Å². The van der Waals surface area contributed by atoms with Crippen LogP contribution in [-0.4, -0.2) is 110 Å². The molecule has 30 heavy (non-hydrogen) atoms. The highest BCUT2D eigenvalue weighted by molar-refractivity contribution is 5.74. The summed E-state index contributed by atoms with van der Waals surface area (Å²) >= 11 is 0. The molecule has 8 atom stereocenters. The van der Waals surface area contributed by atoms with Crippen molar-refractivity contribution in [3.05, 3.63) is 0 Å². The third kappa shape index (κ3) is 6.99. The highest BCUT2D eigenvalue weighted by Crippen LogP contribution is 2.29. The monoisotopic (exact) mass is 436 g/mol. The SMILES string of the molecule is COCC1C[C@H](NC(=O)NCCCCOC2CC(O)C(O)C(CO)O2)C(OC)C1O. The van der Waals surface area contributed by atoms with E-state index in [4.69, 9.17) is 24.1 Å². The van der Waals surface area contributed by atoms with Crippen LogP contribution < -0.4 is 10.6 Å². The van der Waals surface area contributed by atoms with Crippen molar-refractivity contribution in [1.29, 1.82) is 0 Å². The third-order valence-electron chi connectivity index (χ3n) is 5.62. The maximum Gasteiger partial charge on any atom is 0.315 e. The number of aliphatic hydroxyl groups excluding tert-OH is 4. The van der Waals surface area contributed by atoms with E-state index in [1.54, 1.807) is 7.11 Å². The van der Waals surface area contributed by atoms with E-state index in [9.17, 15) is 20.1 Å². The Kier molecular flexibility index (Phi) is 10.7. The molecule has 1 saturated carbocycles. The Morgan fingerprint density at radius 1 is 1.13 bits per heavy atom. The Bertz CT molecular complexity index is 512. The molecule has 2 amide bonds. The number of nitrogens with one attached hydrogen (secondary N) is 2. The van der Waals surface area contributed by atoms with Crippen LogP contribution in [-0.2, 0) is 18.9 Å². The van der Waals surface area contributed by atoms with Gasteiger partial charge in [-0.1, -0.05) is 0 Å². The first-order valence-electron chi connectivity index (χ1n) is 10.4. The molecule has 1 heterocycles. The van der Waals surface area contributed by atoms with Gasteiger partial charge in [-0.2, -0.15) is 0 Å². The molecule has 11 nitrogen and oxygen atoms in total. The number of unbranched alkanes of at least 4 members (excludes halogenated alkanes) is 1. The lowest BCUT2D eigenvalue weighted by atomic mass is 10.0. The molecular formula is C19H36N2O9. The van der Waals surface area contributed by atoms with Crippen molar-refractivity contribution in [2.75, 3.05) is 40.6 Å². The standard InChI is InChI=1S/C19H36N2O9/c1-27-10-11-7-12(18(28-2)16(11)24)21-19(26)20-5-3-4-6-29-15-8-13(23)17(25)14(9-22)30-15/h11-18,22-25H,3-10H2,1-2H3,(H2,20,21,26)/t11?,12-,13?,14?,15?,16?,17?,18?/m0/s1. The van der Waals surface area contributed by atoms with Gasteiger partial charge < -0.3 is 50.0 Å². The first-order chi connectivity index (χ1) is 14.4. The second-order valence-electron chi connectivity index (χ2n) is 7.81. The highest BCUT2D eigenvalue weighted by Gasteiger charge is 2.43. The summed E-state index contributed by atoms with van der Waals surface area (Å²) in [5.74, 6) is -0.0885. The molecule has 1 saturated heterocycles. The minimum absolute atomic E-state index is 0.0885. The molecule has 0 spiro atoms. The zero-order chi connectivity index (χ0) is 22.1. The van der Waals surface area contributed by atoms with Crippen molar-refractivity contribution in [2.24, 2.45) is 5.92 Å². The first kappa shape index (κ1) is 25.2. The fourth-order valence-corrected chi connectivity index (χ4v) is 3.97. The van der Waals surface area contributed by atoms with Crippen LogP contribution in [0.25, 0.3) is 0 Å². The molecule has 2 fully saturated rings. The van der Waals surface area contributed by atoms with Gasteiger partial charge in [0.2, 0.25) is 0 Å². The van der Waals surface area contributed by atoms with Crippen molar-refractivity contribution in [1.82, 2.24) is 10.6 Å². The van der Waals surface area contributed by atoms with Gasteiger partial charge in [0, 0.05) is 39.7 Å². The van der Waals surface area contributed by atoms with Gasteiger partial charge in [-0.05, 0) is 19.3 Å².